The number of nitrogens with one attached hydrogen (secondary N) is 3. The minimum atomic E-state index is -0.105. The van der Waals surface area contributed by atoms with Crippen molar-refractivity contribution >= 4 is 34.6 Å². The lowest BCUT2D eigenvalue weighted by Crippen LogP contribution is -2.46. The highest BCUT2D eigenvalue weighted by molar-refractivity contribution is 7.80. The molecule has 0 spiro atoms. The van der Waals surface area contributed by atoms with E-state index in [9.17, 15) is 4.79 Å². The number of thiocarbonyl (C=S) groups is 1. The number of hydrogen-bond donors (Lipinski definition) is 3. The van der Waals surface area contributed by atoms with E-state index in [2.05, 4.69) is 30.0 Å². The van der Waals surface area contributed by atoms with E-state index < -0.39 is 0 Å². The molecule has 0 fully saturated rings. The number of fused-ring (bicyclic) bond motifs is 1. The topological polar surface area (TPSA) is 53.2 Å². The maximum atomic E-state index is 12.2. The molecule has 1 amide bonds. The van der Waals surface area contributed by atoms with Crippen LogP contribution in [-0.2, 0) is 12.8 Å². The summed E-state index contributed by atoms with van der Waals surface area (Å²) in [4.78, 5) is 14.3. The van der Waals surface area contributed by atoms with Crippen LogP contribution in [-0.4, -0.2) is 17.6 Å². The smallest absolute Gasteiger partial charge is 0.279 e. The molecule has 0 aliphatic heterocycles. The van der Waals surface area contributed by atoms with Crippen molar-refractivity contribution in [1.29, 1.82) is 0 Å². The normalized spacial score (nSPS) is 14.1. The van der Waals surface area contributed by atoms with Crippen molar-refractivity contribution in [3.8, 4) is 0 Å². The van der Waals surface area contributed by atoms with Gasteiger partial charge >= 0.3 is 0 Å². The second-order valence-electron chi connectivity index (χ2n) is 6.14. The summed E-state index contributed by atoms with van der Waals surface area (Å²) in [5, 5.41) is 3.55. The van der Waals surface area contributed by atoms with E-state index in [0.29, 0.717) is 11.0 Å². The van der Waals surface area contributed by atoms with Crippen LogP contribution in [0.2, 0.25) is 0 Å². The number of thiophene rings is 1. The first-order valence-corrected chi connectivity index (χ1v) is 9.24. The lowest BCUT2D eigenvalue weighted by Gasteiger charge is -2.11. The molecule has 1 heterocycles. The zero-order chi connectivity index (χ0) is 15.9. The number of carbonyl (C=O) groups excluding carboxylic acids is 1. The Bertz CT molecular complexity index is 502. The van der Waals surface area contributed by atoms with Crippen molar-refractivity contribution in [3.05, 3.63) is 21.4 Å². The lowest BCUT2D eigenvalue weighted by atomic mass is 10.1. The van der Waals surface area contributed by atoms with Gasteiger partial charge in [-0.2, -0.15) is 0 Å². The van der Waals surface area contributed by atoms with E-state index in [1.165, 1.54) is 29.7 Å². The van der Waals surface area contributed by atoms with Crippen molar-refractivity contribution in [3.63, 3.8) is 0 Å². The molecule has 2 rings (SSSR count). The molecule has 6 heteroatoms. The first-order chi connectivity index (χ1) is 10.6. The largest absolute Gasteiger partial charge is 0.361 e. The van der Waals surface area contributed by atoms with Crippen LogP contribution in [0.5, 0.6) is 0 Å². The van der Waals surface area contributed by atoms with E-state index in [0.717, 1.165) is 30.7 Å². The fourth-order valence-corrected chi connectivity index (χ4v) is 3.77. The molecule has 0 aromatic carbocycles. The predicted octanol–water partition coefficient (Wildman–Crippen LogP) is 3.17. The summed E-state index contributed by atoms with van der Waals surface area (Å²) < 4.78 is 0. The quantitative estimate of drug-likeness (QED) is 0.448. The predicted molar refractivity (Wildman–Crippen MR) is 96.2 cm³/mol. The first kappa shape index (κ1) is 17.2. The van der Waals surface area contributed by atoms with Crippen LogP contribution < -0.4 is 16.2 Å². The molecule has 0 radical (unpaired) electrons. The first-order valence-electron chi connectivity index (χ1n) is 8.02. The van der Waals surface area contributed by atoms with E-state index in [1.54, 1.807) is 11.3 Å². The third-order valence-corrected chi connectivity index (χ3v) is 5.25. The summed E-state index contributed by atoms with van der Waals surface area (Å²) in [6, 6.07) is 2.04. The van der Waals surface area contributed by atoms with E-state index in [-0.39, 0.29) is 5.91 Å². The molecular weight excluding hydrogens is 314 g/mol. The standard InChI is InChI=1S/C16H25N3OS2/c1-11(2)8-9-17-16(21)19-18-15(20)14-10-12-6-4-3-5-7-13(12)22-14/h10-11H,3-9H2,1-2H3,(H,18,20)(H2,17,19,21). The highest BCUT2D eigenvalue weighted by Crippen LogP contribution is 2.28. The summed E-state index contributed by atoms with van der Waals surface area (Å²) >= 11 is 6.76. The van der Waals surface area contributed by atoms with Crippen LogP contribution in [0.25, 0.3) is 0 Å². The molecule has 1 aromatic rings. The molecule has 1 aliphatic rings. The number of hydrogen-bond acceptors (Lipinski definition) is 3. The van der Waals surface area contributed by atoms with Crippen LogP contribution >= 0.6 is 23.6 Å². The average Bonchev–Trinajstić information content (AvgIpc) is 2.75. The Morgan fingerprint density at radius 3 is 2.82 bits per heavy atom. The molecule has 4 nitrogen and oxygen atoms in total. The number of aryl methyl sites for hydroxylation is 2. The molecule has 0 bridgehead atoms. The van der Waals surface area contributed by atoms with Crippen LogP contribution in [0.15, 0.2) is 6.07 Å². The highest BCUT2D eigenvalue weighted by Gasteiger charge is 2.16. The molecule has 0 atom stereocenters. The zero-order valence-electron chi connectivity index (χ0n) is 13.3. The Kier molecular flexibility index (Phi) is 6.64. The number of rotatable bonds is 4. The molecule has 0 saturated carbocycles. The summed E-state index contributed by atoms with van der Waals surface area (Å²) in [7, 11) is 0. The summed E-state index contributed by atoms with van der Waals surface area (Å²) in [6.45, 7) is 5.15. The Morgan fingerprint density at radius 1 is 1.27 bits per heavy atom. The van der Waals surface area contributed by atoms with Gasteiger partial charge in [0.05, 0.1) is 4.88 Å². The van der Waals surface area contributed by atoms with Crippen LogP contribution in [0.4, 0.5) is 0 Å². The molecule has 122 valence electrons. The minimum Gasteiger partial charge on any atom is -0.361 e. The molecule has 1 aliphatic carbocycles. The van der Waals surface area contributed by atoms with Crippen molar-refractivity contribution in [2.75, 3.05) is 6.54 Å². The van der Waals surface area contributed by atoms with Gasteiger partial charge in [-0.15, -0.1) is 11.3 Å². The number of hydrazine groups is 1. The van der Waals surface area contributed by atoms with E-state index >= 15 is 0 Å². The Labute approximate surface area is 142 Å². The second-order valence-corrected chi connectivity index (χ2v) is 7.68. The van der Waals surface area contributed by atoms with Gasteiger partial charge in [0.1, 0.15) is 0 Å². The van der Waals surface area contributed by atoms with Gasteiger partial charge in [0.25, 0.3) is 5.91 Å². The molecule has 22 heavy (non-hydrogen) atoms. The van der Waals surface area contributed by atoms with Gasteiger partial charge < -0.3 is 5.32 Å². The molecular formula is C16H25N3OS2. The summed E-state index contributed by atoms with van der Waals surface area (Å²) in [5.74, 6) is 0.525. The van der Waals surface area contributed by atoms with Gasteiger partial charge in [-0.25, -0.2) is 0 Å². The fraction of sp³-hybridized carbons (Fsp3) is 0.625. The SMILES string of the molecule is CC(C)CCNC(=S)NNC(=O)c1cc2c(s1)CCCCC2. The van der Waals surface area contributed by atoms with Crippen molar-refractivity contribution in [1.82, 2.24) is 16.2 Å². The Balaban J connectivity index is 1.79. The minimum absolute atomic E-state index is 0.105. The molecule has 0 unspecified atom stereocenters. The van der Waals surface area contributed by atoms with Gasteiger partial charge in [0.15, 0.2) is 5.11 Å². The molecule has 1 aromatic heterocycles. The van der Waals surface area contributed by atoms with Gasteiger partial charge in [0, 0.05) is 11.4 Å². The Morgan fingerprint density at radius 2 is 2.05 bits per heavy atom. The fourth-order valence-electron chi connectivity index (χ4n) is 2.47. The maximum Gasteiger partial charge on any atom is 0.279 e. The van der Waals surface area contributed by atoms with Crippen LogP contribution in [0, 0.1) is 5.92 Å². The summed E-state index contributed by atoms with van der Waals surface area (Å²) in [5.41, 5.74) is 6.81. The van der Waals surface area contributed by atoms with Gasteiger partial charge in [-0.3, -0.25) is 15.6 Å². The monoisotopic (exact) mass is 339 g/mol. The second kappa shape index (κ2) is 8.48. The van der Waals surface area contributed by atoms with Gasteiger partial charge in [-0.1, -0.05) is 20.3 Å². The highest BCUT2D eigenvalue weighted by atomic mass is 32.1. The van der Waals surface area contributed by atoms with E-state index in [4.69, 9.17) is 12.2 Å². The van der Waals surface area contributed by atoms with Crippen molar-refractivity contribution in [2.24, 2.45) is 5.92 Å². The zero-order valence-corrected chi connectivity index (χ0v) is 15.0. The third kappa shape index (κ3) is 5.25. The number of amides is 1. The van der Waals surface area contributed by atoms with Crippen LogP contribution in [0.1, 0.15) is 59.6 Å². The van der Waals surface area contributed by atoms with Crippen LogP contribution in [0.3, 0.4) is 0 Å². The molecule has 0 saturated heterocycles. The summed E-state index contributed by atoms with van der Waals surface area (Å²) in [6.07, 6.45) is 7.01. The lowest BCUT2D eigenvalue weighted by molar-refractivity contribution is 0.0947. The van der Waals surface area contributed by atoms with Crippen molar-refractivity contribution < 1.29 is 4.79 Å². The maximum absolute atomic E-state index is 12.2. The van der Waals surface area contributed by atoms with Gasteiger partial charge in [-0.05, 0) is 61.9 Å². The van der Waals surface area contributed by atoms with Gasteiger partial charge in [0.2, 0.25) is 0 Å². The number of carbonyl (C=O) groups is 1. The molecule has 3 N–H and O–H groups in total. The Hall–Kier alpha value is -1.14. The third-order valence-electron chi connectivity index (χ3n) is 3.77. The van der Waals surface area contributed by atoms with Crippen molar-refractivity contribution in [2.45, 2.75) is 52.4 Å². The average molecular weight is 340 g/mol. The van der Waals surface area contributed by atoms with E-state index in [1.807, 2.05) is 6.07 Å².